The Balaban J connectivity index is 0.000000640. The van der Waals surface area contributed by atoms with Gasteiger partial charge in [0.05, 0.1) is 4.90 Å². The van der Waals surface area contributed by atoms with Gasteiger partial charge in [0.2, 0.25) is 0 Å². The lowest BCUT2D eigenvalue weighted by molar-refractivity contribution is -0.137. The molecule has 0 unspecified atom stereocenters. The Bertz CT molecular complexity index is 154. The molecule has 0 aliphatic rings. The summed E-state index contributed by atoms with van der Waals surface area (Å²) in [6.45, 7) is 0. The summed E-state index contributed by atoms with van der Waals surface area (Å²) in [6.07, 6.45) is 0. The number of rotatable bonds is 1. The van der Waals surface area contributed by atoms with Crippen LogP contribution in [0.3, 0.4) is 0 Å². The van der Waals surface area contributed by atoms with E-state index in [1.807, 2.05) is 30.3 Å². The highest BCUT2D eigenvalue weighted by molar-refractivity contribution is 7.92. The predicted molar refractivity (Wildman–Crippen MR) is 35.2 cm³/mol. The van der Waals surface area contributed by atoms with Gasteiger partial charge in [-0.3, -0.25) is 5.14 Å². The second kappa shape index (κ2) is 4.68. The minimum Gasteiger partial charge on any atom is -1.00 e. The highest BCUT2D eigenvalue weighted by atomic mass is 35.5. The minimum absolute atomic E-state index is 0. The van der Waals surface area contributed by atoms with Gasteiger partial charge in [0.25, 0.3) is 0 Å². The maximum absolute atomic E-state index is 3.67. The van der Waals surface area contributed by atoms with Crippen molar-refractivity contribution in [3.05, 3.63) is 30.3 Å². The Hall–Kier alpha value is -0.180. The molecule has 1 rings (SSSR count). The molecule has 0 heterocycles. The lowest BCUT2D eigenvalue weighted by Crippen LogP contribution is -3.00. The normalized spacial score (nSPS) is 8.11. The molecule has 0 atom stereocenters. The van der Waals surface area contributed by atoms with Crippen LogP contribution in [0.15, 0.2) is 35.2 Å². The summed E-state index contributed by atoms with van der Waals surface area (Å²) in [5, 5.41) is 3.67. The van der Waals surface area contributed by atoms with Crippen LogP contribution in [0, 0.1) is 0 Å². The average molecular weight is 162 g/mol. The summed E-state index contributed by atoms with van der Waals surface area (Å²) in [7, 11) is 0. The summed E-state index contributed by atoms with van der Waals surface area (Å²) >= 11 is 1.52. The highest BCUT2D eigenvalue weighted by Crippen LogP contribution is 2.06. The molecule has 0 bridgehead atoms. The van der Waals surface area contributed by atoms with Gasteiger partial charge in [0.15, 0.2) is 0 Å². The Labute approximate surface area is 65.2 Å². The van der Waals surface area contributed by atoms with E-state index < -0.39 is 0 Å². The molecule has 0 amide bonds. The Morgan fingerprint density at radius 1 is 1.11 bits per heavy atom. The summed E-state index contributed by atoms with van der Waals surface area (Å²) in [5.74, 6) is 0. The summed E-state index contributed by atoms with van der Waals surface area (Å²) in [5.41, 5.74) is 0. The second-order valence-electron chi connectivity index (χ2n) is 1.46. The van der Waals surface area contributed by atoms with Crippen LogP contribution in [0.5, 0.6) is 0 Å². The van der Waals surface area contributed by atoms with E-state index >= 15 is 0 Å². The second-order valence-corrected chi connectivity index (χ2v) is 2.22. The molecule has 1 nitrogen and oxygen atoms in total. The molecule has 0 fully saturated rings. The Kier molecular flexibility index (Phi) is 4.58. The van der Waals surface area contributed by atoms with Crippen molar-refractivity contribution in [1.82, 2.24) is 0 Å². The molecule has 9 heavy (non-hydrogen) atoms. The van der Waals surface area contributed by atoms with Crippen molar-refractivity contribution in [2.24, 2.45) is 0 Å². The third-order valence-electron chi connectivity index (χ3n) is 0.910. The molecule has 1 aromatic carbocycles. The summed E-state index contributed by atoms with van der Waals surface area (Å²) < 4.78 is 0. The van der Waals surface area contributed by atoms with Crippen LogP contribution in [0.1, 0.15) is 0 Å². The van der Waals surface area contributed by atoms with E-state index in [0.717, 1.165) is 0 Å². The SMILES string of the molecule is [Cl-].[NH3+]Sc1ccccc1. The summed E-state index contributed by atoms with van der Waals surface area (Å²) in [6, 6.07) is 10.1. The zero-order valence-electron chi connectivity index (χ0n) is 4.88. The van der Waals surface area contributed by atoms with E-state index in [1.54, 1.807) is 0 Å². The van der Waals surface area contributed by atoms with Crippen molar-refractivity contribution in [2.45, 2.75) is 4.90 Å². The number of halogens is 1. The first-order valence-electron chi connectivity index (χ1n) is 2.40. The molecule has 0 spiro atoms. The van der Waals surface area contributed by atoms with Crippen LogP contribution in [-0.4, -0.2) is 0 Å². The van der Waals surface area contributed by atoms with Gasteiger partial charge in [0.1, 0.15) is 11.9 Å². The van der Waals surface area contributed by atoms with Gasteiger partial charge in [0, 0.05) is 0 Å². The fourth-order valence-corrected chi connectivity index (χ4v) is 0.866. The molecule has 0 radical (unpaired) electrons. The smallest absolute Gasteiger partial charge is 0.107 e. The van der Waals surface area contributed by atoms with Crippen molar-refractivity contribution in [1.29, 1.82) is 0 Å². The first-order chi connectivity index (χ1) is 3.93. The third-order valence-corrected chi connectivity index (χ3v) is 1.52. The minimum atomic E-state index is 0. The van der Waals surface area contributed by atoms with E-state index in [-0.39, 0.29) is 12.4 Å². The Morgan fingerprint density at radius 2 is 1.67 bits per heavy atom. The third kappa shape index (κ3) is 2.75. The number of benzene rings is 1. The maximum atomic E-state index is 3.67. The van der Waals surface area contributed by atoms with Gasteiger partial charge in [-0.15, -0.1) is 0 Å². The fraction of sp³-hybridized carbons (Fsp3) is 0. The lowest BCUT2D eigenvalue weighted by Gasteiger charge is -1.85. The highest BCUT2D eigenvalue weighted by Gasteiger charge is 1.85. The molecule has 0 aromatic heterocycles. The number of quaternary nitrogens is 1. The van der Waals surface area contributed by atoms with Crippen LogP contribution in [-0.2, 0) is 0 Å². The molecular weight excluding hydrogens is 154 g/mol. The molecule has 0 aliphatic heterocycles. The molecule has 3 N–H and O–H groups in total. The molecule has 1 aromatic rings. The zero-order valence-corrected chi connectivity index (χ0v) is 6.45. The molecule has 50 valence electrons. The van der Waals surface area contributed by atoms with E-state index in [0.29, 0.717) is 0 Å². The van der Waals surface area contributed by atoms with E-state index in [2.05, 4.69) is 5.14 Å². The largest absolute Gasteiger partial charge is 1.00 e. The van der Waals surface area contributed by atoms with Gasteiger partial charge in [-0.2, -0.15) is 0 Å². The van der Waals surface area contributed by atoms with E-state index in [4.69, 9.17) is 0 Å². The van der Waals surface area contributed by atoms with Gasteiger partial charge < -0.3 is 12.4 Å². The van der Waals surface area contributed by atoms with Crippen LogP contribution in [0.25, 0.3) is 0 Å². The van der Waals surface area contributed by atoms with Gasteiger partial charge in [-0.1, -0.05) is 18.2 Å². The number of hydrogen-bond acceptors (Lipinski definition) is 1. The lowest BCUT2D eigenvalue weighted by atomic mass is 10.4. The van der Waals surface area contributed by atoms with Gasteiger partial charge in [-0.05, 0) is 12.1 Å². The molecule has 3 heteroatoms. The first kappa shape index (κ1) is 8.82. The average Bonchev–Trinajstić information content (AvgIpc) is 1.90. The van der Waals surface area contributed by atoms with Crippen LogP contribution >= 0.6 is 11.9 Å². The van der Waals surface area contributed by atoms with Crippen molar-refractivity contribution >= 4 is 11.9 Å². The van der Waals surface area contributed by atoms with Crippen molar-refractivity contribution < 1.29 is 17.5 Å². The molecule has 0 saturated heterocycles. The van der Waals surface area contributed by atoms with Crippen molar-refractivity contribution in [3.8, 4) is 0 Å². The van der Waals surface area contributed by atoms with Gasteiger partial charge >= 0.3 is 0 Å². The predicted octanol–water partition coefficient (Wildman–Crippen LogP) is -2.06. The molecular formula is C6H8ClNS. The summed E-state index contributed by atoms with van der Waals surface area (Å²) in [4.78, 5) is 1.22. The van der Waals surface area contributed by atoms with Crippen LogP contribution < -0.4 is 17.5 Å². The monoisotopic (exact) mass is 161 g/mol. The Morgan fingerprint density at radius 3 is 2.00 bits per heavy atom. The quantitative estimate of drug-likeness (QED) is 0.472. The maximum Gasteiger partial charge on any atom is 0.107 e. The van der Waals surface area contributed by atoms with E-state index in [9.17, 15) is 0 Å². The topological polar surface area (TPSA) is 27.6 Å². The van der Waals surface area contributed by atoms with Crippen molar-refractivity contribution in [3.63, 3.8) is 0 Å². The van der Waals surface area contributed by atoms with Gasteiger partial charge in [-0.25, -0.2) is 0 Å². The van der Waals surface area contributed by atoms with Crippen molar-refractivity contribution in [2.75, 3.05) is 0 Å². The first-order valence-corrected chi connectivity index (χ1v) is 3.39. The molecule has 0 saturated carbocycles. The number of hydrogen-bond donors (Lipinski definition) is 1. The van der Waals surface area contributed by atoms with Crippen LogP contribution in [0.4, 0.5) is 0 Å². The van der Waals surface area contributed by atoms with Crippen LogP contribution in [0.2, 0.25) is 0 Å². The fourth-order valence-electron chi connectivity index (χ4n) is 0.517. The zero-order chi connectivity index (χ0) is 5.82. The molecule has 0 aliphatic carbocycles. The van der Waals surface area contributed by atoms with E-state index in [1.165, 1.54) is 16.8 Å². The standard InChI is InChI=1S/C6H7NS.ClH/c7-8-6-4-2-1-3-5-6;/h1-5H,7H2;1H.